The topological polar surface area (TPSA) is 85.4 Å². The standard InChI is InChI=1S/C26H36N2O6/c1-9-10-19-17-13-14-27(23(30)33-25(2,3)4)21(17)18-15-16(22(29)32-8)11-12-20(18)28(19)24(31)34-26(5,6)7/h9,11-12,15,17,19,21H,1,10,13-14H2,2-8H3/t17-,19-,21-/m0/s1. The summed E-state index contributed by atoms with van der Waals surface area (Å²) < 4.78 is 16.4. The molecule has 1 aromatic carbocycles. The first kappa shape index (κ1) is 25.6. The van der Waals surface area contributed by atoms with Crippen LogP contribution in [0.1, 0.15) is 76.3 Å². The number of anilines is 1. The van der Waals surface area contributed by atoms with Crippen LogP contribution < -0.4 is 4.90 Å². The summed E-state index contributed by atoms with van der Waals surface area (Å²) in [6.07, 6.45) is 2.09. The number of fused-ring (bicyclic) bond motifs is 3. The second-order valence-electron chi connectivity index (χ2n) is 10.8. The van der Waals surface area contributed by atoms with Crippen LogP contribution in [-0.4, -0.2) is 54.0 Å². The number of methoxy groups -OCH3 is 1. The average Bonchev–Trinajstić information content (AvgIpc) is 3.16. The molecule has 8 nitrogen and oxygen atoms in total. The van der Waals surface area contributed by atoms with Gasteiger partial charge in [-0.2, -0.15) is 0 Å². The van der Waals surface area contributed by atoms with E-state index in [1.165, 1.54) is 7.11 Å². The number of carbonyl (C=O) groups is 3. The molecule has 0 aromatic heterocycles. The highest BCUT2D eigenvalue weighted by Gasteiger charge is 2.51. The quantitative estimate of drug-likeness (QED) is 0.329. The fourth-order valence-electron chi connectivity index (χ4n) is 4.76. The van der Waals surface area contributed by atoms with Gasteiger partial charge in [0, 0.05) is 18.5 Å². The molecule has 1 saturated heterocycles. The van der Waals surface area contributed by atoms with E-state index in [1.54, 1.807) is 34.1 Å². The van der Waals surface area contributed by atoms with Crippen molar-refractivity contribution < 1.29 is 28.6 Å². The maximum absolute atomic E-state index is 13.4. The van der Waals surface area contributed by atoms with E-state index in [0.717, 1.165) is 0 Å². The average molecular weight is 473 g/mol. The third kappa shape index (κ3) is 5.21. The van der Waals surface area contributed by atoms with Gasteiger partial charge >= 0.3 is 18.2 Å². The predicted octanol–water partition coefficient (Wildman–Crippen LogP) is 5.47. The highest BCUT2D eigenvalue weighted by Crippen LogP contribution is 2.50. The molecule has 2 heterocycles. The molecular formula is C26H36N2O6. The van der Waals surface area contributed by atoms with Crippen molar-refractivity contribution in [3.05, 3.63) is 42.0 Å². The third-order valence-corrected chi connectivity index (χ3v) is 5.92. The minimum atomic E-state index is -0.684. The van der Waals surface area contributed by atoms with Gasteiger partial charge in [-0.3, -0.25) is 4.90 Å². The number of carbonyl (C=O) groups excluding carboxylic acids is 3. The van der Waals surface area contributed by atoms with Crippen molar-refractivity contribution in [2.75, 3.05) is 18.6 Å². The molecule has 3 atom stereocenters. The number of benzene rings is 1. The lowest BCUT2D eigenvalue weighted by Crippen LogP contribution is -2.52. The molecule has 1 aromatic rings. The number of hydrogen-bond acceptors (Lipinski definition) is 6. The van der Waals surface area contributed by atoms with Crippen LogP contribution in [0.15, 0.2) is 30.9 Å². The molecule has 0 spiro atoms. The largest absolute Gasteiger partial charge is 0.465 e. The van der Waals surface area contributed by atoms with E-state index in [-0.39, 0.29) is 18.0 Å². The van der Waals surface area contributed by atoms with E-state index < -0.39 is 29.4 Å². The molecule has 3 rings (SSSR count). The van der Waals surface area contributed by atoms with E-state index in [1.807, 2.05) is 41.5 Å². The minimum Gasteiger partial charge on any atom is -0.465 e. The van der Waals surface area contributed by atoms with Gasteiger partial charge in [0.15, 0.2) is 0 Å². The number of amides is 2. The first-order chi connectivity index (χ1) is 15.8. The van der Waals surface area contributed by atoms with Gasteiger partial charge in [0.05, 0.1) is 24.4 Å². The van der Waals surface area contributed by atoms with Gasteiger partial charge in [-0.25, -0.2) is 14.4 Å². The Balaban J connectivity index is 2.16. The first-order valence-corrected chi connectivity index (χ1v) is 11.6. The first-order valence-electron chi connectivity index (χ1n) is 11.6. The molecule has 2 amide bonds. The zero-order valence-corrected chi connectivity index (χ0v) is 21.2. The van der Waals surface area contributed by atoms with Gasteiger partial charge in [0.1, 0.15) is 11.2 Å². The summed E-state index contributed by atoms with van der Waals surface area (Å²) >= 11 is 0. The van der Waals surface area contributed by atoms with Gasteiger partial charge in [-0.05, 0) is 78.1 Å². The lowest BCUT2D eigenvalue weighted by Gasteiger charge is -2.45. The smallest absolute Gasteiger partial charge is 0.415 e. The Bertz CT molecular complexity index is 974. The van der Waals surface area contributed by atoms with Gasteiger partial charge in [0.2, 0.25) is 0 Å². The highest BCUT2D eigenvalue weighted by atomic mass is 16.6. The molecule has 0 N–H and O–H groups in total. The summed E-state index contributed by atoms with van der Waals surface area (Å²) in [6, 6.07) is 4.44. The number of ether oxygens (including phenoxy) is 3. The Kier molecular flexibility index (Phi) is 7.01. The number of nitrogens with zero attached hydrogens (tertiary/aromatic N) is 2. The number of rotatable bonds is 3. The van der Waals surface area contributed by atoms with Crippen molar-refractivity contribution in [1.29, 1.82) is 0 Å². The molecule has 0 aliphatic carbocycles. The zero-order chi connectivity index (χ0) is 25.4. The minimum absolute atomic E-state index is 0.0848. The Hall–Kier alpha value is -3.03. The molecule has 0 saturated carbocycles. The normalized spacial score (nSPS) is 21.9. The van der Waals surface area contributed by atoms with Gasteiger partial charge in [-0.1, -0.05) is 6.08 Å². The molecule has 0 unspecified atom stereocenters. The molecule has 2 aliphatic rings. The predicted molar refractivity (Wildman–Crippen MR) is 129 cm³/mol. The summed E-state index contributed by atoms with van der Waals surface area (Å²) in [5.74, 6) is -0.573. The Morgan fingerprint density at radius 3 is 2.24 bits per heavy atom. The Morgan fingerprint density at radius 2 is 1.68 bits per heavy atom. The maximum Gasteiger partial charge on any atom is 0.415 e. The summed E-state index contributed by atoms with van der Waals surface area (Å²) in [6.45, 7) is 15.3. The van der Waals surface area contributed by atoms with Crippen LogP contribution in [-0.2, 0) is 14.2 Å². The molecule has 186 valence electrons. The summed E-state index contributed by atoms with van der Waals surface area (Å²) in [7, 11) is 1.32. The number of hydrogen-bond donors (Lipinski definition) is 0. The van der Waals surface area contributed by atoms with Crippen LogP contribution in [0.4, 0.5) is 15.3 Å². The molecule has 34 heavy (non-hydrogen) atoms. The van der Waals surface area contributed by atoms with Crippen LogP contribution in [0.2, 0.25) is 0 Å². The monoisotopic (exact) mass is 472 g/mol. The fourth-order valence-corrected chi connectivity index (χ4v) is 4.76. The van der Waals surface area contributed by atoms with Crippen molar-refractivity contribution in [2.24, 2.45) is 5.92 Å². The number of likely N-dealkylation sites (tertiary alicyclic amines) is 1. The van der Waals surface area contributed by atoms with E-state index in [9.17, 15) is 14.4 Å². The van der Waals surface area contributed by atoms with Gasteiger partial charge in [0.25, 0.3) is 0 Å². The molecule has 0 radical (unpaired) electrons. The summed E-state index contributed by atoms with van der Waals surface area (Å²) in [4.78, 5) is 42.2. The van der Waals surface area contributed by atoms with Crippen molar-refractivity contribution in [3.8, 4) is 0 Å². The van der Waals surface area contributed by atoms with Crippen LogP contribution in [0.5, 0.6) is 0 Å². The summed E-state index contributed by atoms with van der Waals surface area (Å²) in [5, 5.41) is 0. The van der Waals surface area contributed by atoms with Crippen molar-refractivity contribution in [3.63, 3.8) is 0 Å². The second-order valence-corrected chi connectivity index (χ2v) is 10.8. The fraction of sp³-hybridized carbons (Fsp3) is 0.577. The van der Waals surface area contributed by atoms with Crippen molar-refractivity contribution in [1.82, 2.24) is 4.90 Å². The zero-order valence-electron chi connectivity index (χ0n) is 21.2. The molecule has 8 heteroatoms. The second kappa shape index (κ2) is 9.31. The number of esters is 1. The Morgan fingerprint density at radius 1 is 1.06 bits per heavy atom. The van der Waals surface area contributed by atoms with E-state index >= 15 is 0 Å². The highest BCUT2D eigenvalue weighted by molar-refractivity contribution is 5.94. The molecular weight excluding hydrogens is 436 g/mol. The van der Waals surface area contributed by atoms with Crippen molar-refractivity contribution in [2.45, 2.75) is 77.7 Å². The van der Waals surface area contributed by atoms with Crippen molar-refractivity contribution >= 4 is 23.8 Å². The van der Waals surface area contributed by atoms with Gasteiger partial charge in [-0.15, -0.1) is 6.58 Å². The third-order valence-electron chi connectivity index (χ3n) is 5.92. The van der Waals surface area contributed by atoms with E-state index in [0.29, 0.717) is 36.2 Å². The van der Waals surface area contributed by atoms with Crippen LogP contribution in [0.3, 0.4) is 0 Å². The van der Waals surface area contributed by atoms with E-state index in [2.05, 4.69) is 6.58 Å². The lowest BCUT2D eigenvalue weighted by molar-refractivity contribution is 0.0192. The van der Waals surface area contributed by atoms with E-state index in [4.69, 9.17) is 14.2 Å². The molecule has 1 fully saturated rings. The SMILES string of the molecule is C=CC[C@H]1[C@@H]2CCN(C(=O)OC(C)(C)C)[C@@H]2c2cc(C(=O)OC)ccc2N1C(=O)OC(C)(C)C. The molecule has 0 bridgehead atoms. The lowest BCUT2D eigenvalue weighted by atomic mass is 9.80. The summed E-state index contributed by atoms with van der Waals surface area (Å²) in [5.41, 5.74) is 0.316. The van der Waals surface area contributed by atoms with Gasteiger partial charge < -0.3 is 19.1 Å². The molecule has 2 aliphatic heterocycles. The van der Waals surface area contributed by atoms with Crippen LogP contribution >= 0.6 is 0 Å². The Labute approximate surface area is 201 Å². The maximum atomic E-state index is 13.4. The van der Waals surface area contributed by atoms with Crippen LogP contribution in [0, 0.1) is 5.92 Å². The van der Waals surface area contributed by atoms with Crippen LogP contribution in [0.25, 0.3) is 0 Å².